The Hall–Kier alpha value is 0.719. The topological polar surface area (TPSA) is 17.1 Å². The molecule has 0 radical (unpaired) electrons. The van der Waals surface area contributed by atoms with Gasteiger partial charge in [0.2, 0.25) is 0 Å². The molecule has 11 heavy (non-hydrogen) atoms. The van der Waals surface area contributed by atoms with Crippen molar-refractivity contribution in [3.8, 4) is 0 Å². The molecule has 0 rings (SSSR count). The number of carbonyl (C=O) groups is 1. The van der Waals surface area contributed by atoms with Crippen LogP contribution in [-0.2, 0) is 4.79 Å². The van der Waals surface area contributed by atoms with Crippen LogP contribution in [0.2, 0.25) is 4.47 Å². The van der Waals surface area contributed by atoms with E-state index in [0.29, 0.717) is 0 Å². The molecule has 3 heteroatoms. The Kier molecular flexibility index (Phi) is 9.39. The van der Waals surface area contributed by atoms with E-state index < -0.39 is 0 Å². The summed E-state index contributed by atoms with van der Waals surface area (Å²) in [6.45, 7) is 2.21. The molecule has 0 aromatic carbocycles. The summed E-state index contributed by atoms with van der Waals surface area (Å²) < 4.78 is 3.55. The standard InChI is InChI=1S/C8H14OSeTe/c1-2-3-4-6-11-7-5-8(9)10/h5,7H,2-4,6H2,1H3,(H,9,10)/b7-5+. The number of carbonyl (C=O) groups excluding carboxylic acids is 1. The zero-order valence-corrected chi connectivity index (χ0v) is 11.0. The molecular formula is C8H14OSeTe. The first kappa shape index (κ1) is 11.7. The fourth-order valence-electron chi connectivity index (χ4n) is 0.610. The van der Waals surface area contributed by atoms with Crippen molar-refractivity contribution >= 4 is 41.6 Å². The van der Waals surface area contributed by atoms with E-state index in [4.69, 9.17) is 0 Å². The van der Waals surface area contributed by atoms with Crippen LogP contribution in [0.5, 0.6) is 0 Å². The molecule has 0 N–H and O–H groups in total. The van der Waals surface area contributed by atoms with Crippen LogP contribution in [0.25, 0.3) is 0 Å². The molecular weight excluding hydrogens is 319 g/mol. The van der Waals surface area contributed by atoms with Gasteiger partial charge in [0, 0.05) is 0 Å². The predicted octanol–water partition coefficient (Wildman–Crippen LogP) is 1.24. The van der Waals surface area contributed by atoms with Crippen molar-refractivity contribution in [1.82, 2.24) is 0 Å². The second kappa shape index (κ2) is 8.81. The maximum absolute atomic E-state index is 10.4. The SMILES string of the molecule is CCCCC[Te]/C=C/C(=O)[SeH]. The molecule has 0 aromatic rings. The Bertz CT molecular complexity index is 134. The molecule has 0 amide bonds. The van der Waals surface area contributed by atoms with Crippen LogP contribution < -0.4 is 0 Å². The van der Waals surface area contributed by atoms with Gasteiger partial charge in [0.25, 0.3) is 0 Å². The van der Waals surface area contributed by atoms with E-state index in [9.17, 15) is 4.79 Å². The normalized spacial score (nSPS) is 10.7. The van der Waals surface area contributed by atoms with Crippen molar-refractivity contribution in [2.75, 3.05) is 0 Å². The van der Waals surface area contributed by atoms with Crippen LogP contribution in [0.4, 0.5) is 0 Å². The third-order valence-electron chi connectivity index (χ3n) is 1.17. The molecule has 0 saturated carbocycles. The molecule has 64 valence electrons. The molecule has 0 unspecified atom stereocenters. The van der Waals surface area contributed by atoms with E-state index in [-0.39, 0.29) is 25.6 Å². The second-order valence-corrected chi connectivity index (χ2v) is 6.04. The number of allylic oxidation sites excluding steroid dienone is 1. The summed E-state index contributed by atoms with van der Waals surface area (Å²) in [6.07, 6.45) is 5.67. The monoisotopic (exact) mass is 336 g/mol. The van der Waals surface area contributed by atoms with E-state index in [2.05, 4.69) is 11.0 Å². The average Bonchev–Trinajstić information content (AvgIpc) is 1.96. The van der Waals surface area contributed by atoms with Crippen molar-refractivity contribution in [3.63, 3.8) is 0 Å². The molecule has 0 aliphatic heterocycles. The summed E-state index contributed by atoms with van der Waals surface area (Å²) in [6, 6.07) is 0. The third kappa shape index (κ3) is 10.7. The van der Waals surface area contributed by atoms with Crippen LogP contribution in [0.3, 0.4) is 0 Å². The maximum atomic E-state index is 10.4. The molecule has 0 saturated heterocycles. The predicted molar refractivity (Wildman–Crippen MR) is 51.4 cm³/mol. The first-order chi connectivity index (χ1) is 5.27. The van der Waals surface area contributed by atoms with E-state index in [1.54, 1.807) is 6.08 Å². The summed E-state index contributed by atoms with van der Waals surface area (Å²) in [5, 5.41) is 0. The van der Waals surface area contributed by atoms with Gasteiger partial charge >= 0.3 is 87.3 Å². The average molecular weight is 333 g/mol. The van der Waals surface area contributed by atoms with Crippen molar-refractivity contribution in [2.24, 2.45) is 0 Å². The minimum absolute atomic E-state index is 0.00774. The Morgan fingerprint density at radius 2 is 2.27 bits per heavy atom. The van der Waals surface area contributed by atoms with Gasteiger partial charge in [-0.05, 0) is 0 Å². The molecule has 0 aliphatic rings. The first-order valence-electron chi connectivity index (χ1n) is 3.78. The van der Waals surface area contributed by atoms with Crippen molar-refractivity contribution in [3.05, 3.63) is 10.2 Å². The fraction of sp³-hybridized carbons (Fsp3) is 0.625. The molecule has 1 nitrogen and oxygen atoms in total. The molecule has 0 aliphatic carbocycles. The van der Waals surface area contributed by atoms with Crippen LogP contribution >= 0.6 is 0 Å². The van der Waals surface area contributed by atoms with Crippen LogP contribution in [-0.4, -0.2) is 41.6 Å². The van der Waals surface area contributed by atoms with Gasteiger partial charge in [-0.3, -0.25) is 0 Å². The van der Waals surface area contributed by atoms with E-state index in [0.717, 1.165) is 0 Å². The summed E-state index contributed by atoms with van der Waals surface area (Å²) in [7, 11) is 0. The van der Waals surface area contributed by atoms with Crippen molar-refractivity contribution in [1.29, 1.82) is 0 Å². The molecule has 0 atom stereocenters. The van der Waals surface area contributed by atoms with Gasteiger partial charge in [-0.2, -0.15) is 0 Å². The van der Waals surface area contributed by atoms with Gasteiger partial charge in [-0.15, -0.1) is 0 Å². The summed E-state index contributed by atoms with van der Waals surface area (Å²) >= 11 is 2.03. The Morgan fingerprint density at radius 1 is 1.55 bits per heavy atom. The van der Waals surface area contributed by atoms with Gasteiger partial charge in [0.05, 0.1) is 0 Å². The summed E-state index contributed by atoms with van der Waals surface area (Å²) in [5.74, 6) is 0. The van der Waals surface area contributed by atoms with Crippen molar-refractivity contribution in [2.45, 2.75) is 30.7 Å². The van der Waals surface area contributed by atoms with Crippen LogP contribution in [0.1, 0.15) is 26.2 Å². The van der Waals surface area contributed by atoms with Gasteiger partial charge in [-0.1, -0.05) is 0 Å². The molecule has 0 aromatic heterocycles. The molecule has 0 heterocycles. The molecule has 0 bridgehead atoms. The minimum atomic E-state index is 0.00774. The summed E-state index contributed by atoms with van der Waals surface area (Å²) in [4.78, 5) is 10.4. The van der Waals surface area contributed by atoms with Gasteiger partial charge in [-0.25, -0.2) is 0 Å². The molecule has 0 fully saturated rings. The van der Waals surface area contributed by atoms with Crippen LogP contribution in [0, 0.1) is 0 Å². The zero-order chi connectivity index (χ0) is 8.53. The number of hydrogen-bond acceptors (Lipinski definition) is 1. The quantitative estimate of drug-likeness (QED) is 0.406. The Morgan fingerprint density at radius 3 is 2.82 bits per heavy atom. The summed E-state index contributed by atoms with van der Waals surface area (Å²) in [5.41, 5.74) is 0. The Balaban J connectivity index is 3.07. The second-order valence-electron chi connectivity index (χ2n) is 2.22. The zero-order valence-electron chi connectivity index (χ0n) is 6.75. The number of unbranched alkanes of at least 4 members (excludes halogenated alkanes) is 2. The number of hydrogen-bond donors (Lipinski definition) is 0. The van der Waals surface area contributed by atoms with E-state index >= 15 is 0 Å². The van der Waals surface area contributed by atoms with Crippen LogP contribution in [0.15, 0.2) is 10.2 Å². The van der Waals surface area contributed by atoms with Crippen molar-refractivity contribution < 1.29 is 4.79 Å². The molecule has 0 spiro atoms. The Labute approximate surface area is 86.9 Å². The van der Waals surface area contributed by atoms with E-state index in [1.165, 1.54) is 23.7 Å². The first-order valence-corrected chi connectivity index (χ1v) is 7.71. The van der Waals surface area contributed by atoms with Gasteiger partial charge < -0.3 is 0 Å². The third-order valence-corrected chi connectivity index (χ3v) is 3.92. The van der Waals surface area contributed by atoms with E-state index in [1.807, 2.05) is 16.0 Å². The number of rotatable bonds is 6. The van der Waals surface area contributed by atoms with Gasteiger partial charge in [0.15, 0.2) is 0 Å². The fourth-order valence-corrected chi connectivity index (χ4v) is 3.52. The van der Waals surface area contributed by atoms with Gasteiger partial charge in [0.1, 0.15) is 0 Å².